The van der Waals surface area contributed by atoms with E-state index in [1.807, 2.05) is 17.0 Å². The maximum atomic E-state index is 12.4. The fraction of sp³-hybridized carbons (Fsp3) is 0.409. The number of hydrogen-bond acceptors (Lipinski definition) is 3. The summed E-state index contributed by atoms with van der Waals surface area (Å²) in [7, 11) is 0. The molecule has 0 spiro atoms. The molecular weight excluding hydrogens is 338 g/mol. The van der Waals surface area contributed by atoms with Crippen molar-refractivity contribution < 1.29 is 9.53 Å². The lowest BCUT2D eigenvalue weighted by atomic mass is 10.1. The minimum atomic E-state index is -0.0107. The van der Waals surface area contributed by atoms with E-state index in [9.17, 15) is 4.79 Å². The van der Waals surface area contributed by atoms with Gasteiger partial charge in [-0.15, -0.1) is 0 Å². The first-order valence-corrected chi connectivity index (χ1v) is 9.58. The second kappa shape index (κ2) is 8.80. The number of carbonyl (C=O) groups excluding carboxylic acids is 1. The number of aryl methyl sites for hydroxylation is 2. The molecule has 5 heteroatoms. The Hall–Kier alpha value is -2.69. The number of piperazine rings is 1. The lowest BCUT2D eigenvalue weighted by molar-refractivity contribution is 0.191. The molecular formula is C22H29N3O2. The van der Waals surface area contributed by atoms with Gasteiger partial charge in [-0.05, 0) is 55.7 Å². The van der Waals surface area contributed by atoms with Crippen molar-refractivity contribution in [1.82, 2.24) is 10.2 Å². The van der Waals surface area contributed by atoms with Gasteiger partial charge in [-0.2, -0.15) is 0 Å². The Kier molecular flexibility index (Phi) is 6.22. The quantitative estimate of drug-likeness (QED) is 0.823. The molecule has 5 nitrogen and oxygen atoms in total. The normalized spacial score (nSPS) is 14.2. The highest BCUT2D eigenvalue weighted by Gasteiger charge is 2.21. The van der Waals surface area contributed by atoms with Crippen molar-refractivity contribution in [2.75, 3.05) is 44.2 Å². The van der Waals surface area contributed by atoms with Crippen molar-refractivity contribution in [1.29, 1.82) is 0 Å². The molecule has 1 saturated heterocycles. The van der Waals surface area contributed by atoms with Gasteiger partial charge in [0.2, 0.25) is 0 Å². The third-order valence-corrected chi connectivity index (χ3v) is 5.12. The first-order chi connectivity index (χ1) is 13.0. The average Bonchev–Trinajstić information content (AvgIpc) is 2.68. The third-order valence-electron chi connectivity index (χ3n) is 5.12. The van der Waals surface area contributed by atoms with Gasteiger partial charge in [0.05, 0.1) is 6.54 Å². The monoisotopic (exact) mass is 367 g/mol. The Bertz CT molecular complexity index is 783. The van der Waals surface area contributed by atoms with Gasteiger partial charge in [-0.3, -0.25) is 0 Å². The van der Waals surface area contributed by atoms with Crippen LogP contribution in [-0.2, 0) is 0 Å². The van der Waals surface area contributed by atoms with Crippen LogP contribution in [0.2, 0.25) is 0 Å². The molecule has 0 saturated carbocycles. The van der Waals surface area contributed by atoms with Gasteiger partial charge in [0, 0.05) is 31.9 Å². The molecule has 144 valence electrons. The molecule has 2 aromatic carbocycles. The molecule has 3 rings (SSSR count). The summed E-state index contributed by atoms with van der Waals surface area (Å²) in [5, 5.41) is 2.96. The minimum absolute atomic E-state index is 0.0107. The topological polar surface area (TPSA) is 44.8 Å². The smallest absolute Gasteiger partial charge is 0.317 e. The Labute approximate surface area is 161 Å². The molecule has 2 amide bonds. The van der Waals surface area contributed by atoms with Crippen LogP contribution < -0.4 is 15.0 Å². The molecule has 1 fully saturated rings. The van der Waals surface area contributed by atoms with Gasteiger partial charge in [-0.25, -0.2) is 4.79 Å². The number of anilines is 1. The summed E-state index contributed by atoms with van der Waals surface area (Å²) in [5.74, 6) is 0.885. The van der Waals surface area contributed by atoms with Crippen LogP contribution >= 0.6 is 0 Å². The van der Waals surface area contributed by atoms with Crippen LogP contribution in [0.5, 0.6) is 5.75 Å². The van der Waals surface area contributed by atoms with Gasteiger partial charge >= 0.3 is 6.03 Å². The van der Waals surface area contributed by atoms with Gasteiger partial charge < -0.3 is 19.9 Å². The Morgan fingerprint density at radius 3 is 2.52 bits per heavy atom. The maximum absolute atomic E-state index is 12.4. The number of nitrogens with one attached hydrogen (secondary N) is 1. The number of hydrogen-bond donors (Lipinski definition) is 1. The van der Waals surface area contributed by atoms with Crippen molar-refractivity contribution in [2.24, 2.45) is 0 Å². The summed E-state index contributed by atoms with van der Waals surface area (Å²) >= 11 is 0. The maximum Gasteiger partial charge on any atom is 0.317 e. The fourth-order valence-corrected chi connectivity index (χ4v) is 3.30. The van der Waals surface area contributed by atoms with Crippen molar-refractivity contribution in [3.8, 4) is 5.75 Å². The van der Waals surface area contributed by atoms with Gasteiger partial charge in [0.25, 0.3) is 0 Å². The zero-order valence-electron chi connectivity index (χ0n) is 16.5. The van der Waals surface area contributed by atoms with E-state index in [0.29, 0.717) is 13.2 Å². The van der Waals surface area contributed by atoms with Crippen molar-refractivity contribution in [3.63, 3.8) is 0 Å². The summed E-state index contributed by atoms with van der Waals surface area (Å²) < 4.78 is 5.80. The van der Waals surface area contributed by atoms with E-state index in [0.717, 1.165) is 37.5 Å². The molecule has 2 aromatic rings. The number of urea groups is 1. The Morgan fingerprint density at radius 1 is 1.04 bits per heavy atom. The largest absolute Gasteiger partial charge is 0.491 e. The van der Waals surface area contributed by atoms with E-state index in [1.165, 1.54) is 16.8 Å². The highest BCUT2D eigenvalue weighted by atomic mass is 16.5. The summed E-state index contributed by atoms with van der Waals surface area (Å²) in [6.45, 7) is 10.4. The number of carbonyl (C=O) groups is 1. The van der Waals surface area contributed by atoms with Crippen molar-refractivity contribution in [3.05, 3.63) is 59.2 Å². The standard InChI is InChI=1S/C22H29N3O2/c1-17-6-4-8-20(16-17)24-11-13-25(14-12-24)22(26)23-10-15-27-21-9-5-7-18(2)19(21)3/h4-9,16H,10-15H2,1-3H3,(H,23,26). The average molecular weight is 367 g/mol. The van der Waals surface area contributed by atoms with Crippen molar-refractivity contribution in [2.45, 2.75) is 20.8 Å². The predicted molar refractivity (Wildman–Crippen MR) is 110 cm³/mol. The van der Waals surface area contributed by atoms with Crippen LogP contribution in [-0.4, -0.2) is 50.3 Å². The third kappa shape index (κ3) is 4.94. The molecule has 1 aliphatic rings. The summed E-state index contributed by atoms with van der Waals surface area (Å²) in [5.41, 5.74) is 4.85. The highest BCUT2D eigenvalue weighted by molar-refractivity contribution is 5.74. The SMILES string of the molecule is Cc1cccc(N2CCN(C(=O)NCCOc3cccc(C)c3C)CC2)c1. The minimum Gasteiger partial charge on any atom is -0.491 e. The van der Waals surface area contributed by atoms with Crippen molar-refractivity contribution >= 4 is 11.7 Å². The first-order valence-electron chi connectivity index (χ1n) is 9.58. The number of amides is 2. The van der Waals surface area contributed by atoms with E-state index in [1.54, 1.807) is 0 Å². The predicted octanol–water partition coefficient (Wildman–Crippen LogP) is 3.52. The van der Waals surface area contributed by atoms with Gasteiger partial charge in [0.1, 0.15) is 12.4 Å². The summed E-state index contributed by atoms with van der Waals surface area (Å²) in [4.78, 5) is 16.6. The lowest BCUT2D eigenvalue weighted by Gasteiger charge is -2.36. The number of rotatable bonds is 5. The summed E-state index contributed by atoms with van der Waals surface area (Å²) in [6, 6.07) is 14.5. The number of nitrogens with zero attached hydrogens (tertiary/aromatic N) is 2. The van der Waals surface area contributed by atoms with E-state index in [2.05, 4.69) is 61.3 Å². The molecule has 0 atom stereocenters. The van der Waals surface area contributed by atoms with E-state index in [4.69, 9.17) is 4.74 Å². The molecule has 27 heavy (non-hydrogen) atoms. The van der Waals surface area contributed by atoms with E-state index >= 15 is 0 Å². The second-order valence-electron chi connectivity index (χ2n) is 7.09. The Morgan fingerprint density at radius 2 is 1.78 bits per heavy atom. The van der Waals surface area contributed by atoms with Crippen LogP contribution in [0.1, 0.15) is 16.7 Å². The lowest BCUT2D eigenvalue weighted by Crippen LogP contribution is -2.52. The van der Waals surface area contributed by atoms with E-state index in [-0.39, 0.29) is 6.03 Å². The molecule has 1 aliphatic heterocycles. The Balaban J connectivity index is 1.40. The first kappa shape index (κ1) is 19.1. The van der Waals surface area contributed by atoms with Gasteiger partial charge in [-0.1, -0.05) is 24.3 Å². The fourth-order valence-electron chi connectivity index (χ4n) is 3.30. The zero-order chi connectivity index (χ0) is 19.2. The number of benzene rings is 2. The van der Waals surface area contributed by atoms with Crippen LogP contribution in [0.25, 0.3) is 0 Å². The van der Waals surface area contributed by atoms with Crippen LogP contribution in [0, 0.1) is 20.8 Å². The van der Waals surface area contributed by atoms with Crippen LogP contribution in [0.4, 0.5) is 10.5 Å². The van der Waals surface area contributed by atoms with Gasteiger partial charge in [0.15, 0.2) is 0 Å². The molecule has 0 bridgehead atoms. The van der Waals surface area contributed by atoms with Crippen LogP contribution in [0.15, 0.2) is 42.5 Å². The molecule has 0 aliphatic carbocycles. The molecule has 1 heterocycles. The second-order valence-corrected chi connectivity index (χ2v) is 7.09. The molecule has 0 radical (unpaired) electrons. The molecule has 0 aromatic heterocycles. The number of ether oxygens (including phenoxy) is 1. The molecule has 0 unspecified atom stereocenters. The van der Waals surface area contributed by atoms with E-state index < -0.39 is 0 Å². The summed E-state index contributed by atoms with van der Waals surface area (Å²) in [6.07, 6.45) is 0. The molecule has 1 N–H and O–H groups in total. The zero-order valence-corrected chi connectivity index (χ0v) is 16.5. The highest BCUT2D eigenvalue weighted by Crippen LogP contribution is 2.20. The van der Waals surface area contributed by atoms with Crippen LogP contribution in [0.3, 0.4) is 0 Å².